The number of fused-ring (bicyclic) bond motifs is 2. The van der Waals surface area contributed by atoms with E-state index in [9.17, 15) is 9.59 Å². The Labute approximate surface area is 131 Å². The molecular weight excluding hydrogens is 284 g/mol. The van der Waals surface area contributed by atoms with E-state index in [1.807, 2.05) is 20.8 Å². The van der Waals surface area contributed by atoms with E-state index in [1.165, 1.54) is 7.11 Å². The number of esters is 1. The Morgan fingerprint density at radius 1 is 1.27 bits per heavy atom. The second-order valence-corrected chi connectivity index (χ2v) is 7.22. The first kappa shape index (κ1) is 16.6. The highest BCUT2D eigenvalue weighted by Gasteiger charge is 2.60. The van der Waals surface area contributed by atoms with Gasteiger partial charge in [0, 0.05) is 13.1 Å². The molecule has 2 bridgehead atoms. The lowest BCUT2D eigenvalue weighted by atomic mass is 9.67. The van der Waals surface area contributed by atoms with Crippen molar-refractivity contribution >= 4 is 12.1 Å². The van der Waals surface area contributed by atoms with Crippen molar-refractivity contribution in [1.29, 1.82) is 5.26 Å². The zero-order valence-corrected chi connectivity index (χ0v) is 13.7. The van der Waals surface area contributed by atoms with E-state index in [-0.39, 0.29) is 30.3 Å². The number of methoxy groups -OCH3 is 1. The smallest absolute Gasteiger partial charge is 0.410 e. The first-order valence-electron chi connectivity index (χ1n) is 7.68. The largest absolute Gasteiger partial charge is 0.469 e. The Kier molecular flexibility index (Phi) is 4.37. The molecule has 122 valence electrons. The van der Waals surface area contributed by atoms with Gasteiger partial charge in [-0.05, 0) is 45.4 Å². The maximum Gasteiger partial charge on any atom is 0.410 e. The molecule has 1 amide bonds. The number of hydrogen-bond donors (Lipinski definition) is 0. The van der Waals surface area contributed by atoms with E-state index in [1.54, 1.807) is 4.90 Å². The Bertz CT molecular complexity index is 489. The lowest BCUT2D eigenvalue weighted by Gasteiger charge is -2.44. The third-order valence-corrected chi connectivity index (χ3v) is 4.79. The van der Waals surface area contributed by atoms with E-state index in [4.69, 9.17) is 14.7 Å². The summed E-state index contributed by atoms with van der Waals surface area (Å²) in [6, 6.07) is 2.14. The van der Waals surface area contributed by atoms with E-state index in [0.29, 0.717) is 13.1 Å². The maximum atomic E-state index is 12.3. The zero-order chi connectivity index (χ0) is 16.5. The van der Waals surface area contributed by atoms with Crippen LogP contribution in [0.25, 0.3) is 0 Å². The Balaban J connectivity index is 2.19. The summed E-state index contributed by atoms with van der Waals surface area (Å²) in [5.74, 6) is -0.387. The van der Waals surface area contributed by atoms with Crippen LogP contribution in [0.15, 0.2) is 0 Å². The Hall–Kier alpha value is -1.77. The highest BCUT2D eigenvalue weighted by molar-refractivity contribution is 5.79. The quantitative estimate of drug-likeness (QED) is 0.731. The number of likely N-dealkylation sites (tertiary alicyclic amines) is 1. The van der Waals surface area contributed by atoms with E-state index in [2.05, 4.69) is 6.07 Å². The minimum atomic E-state index is -0.762. The average molecular weight is 308 g/mol. The van der Waals surface area contributed by atoms with E-state index in [0.717, 1.165) is 12.8 Å². The molecule has 1 aliphatic carbocycles. The van der Waals surface area contributed by atoms with Gasteiger partial charge in [0.05, 0.1) is 25.0 Å². The second kappa shape index (κ2) is 5.79. The topological polar surface area (TPSA) is 79.6 Å². The number of nitriles is 1. The van der Waals surface area contributed by atoms with Crippen LogP contribution in [0.3, 0.4) is 0 Å². The molecule has 1 saturated carbocycles. The van der Waals surface area contributed by atoms with Crippen molar-refractivity contribution in [1.82, 2.24) is 4.90 Å². The Morgan fingerprint density at radius 3 is 2.23 bits per heavy atom. The van der Waals surface area contributed by atoms with Crippen LogP contribution in [0.1, 0.15) is 40.0 Å². The van der Waals surface area contributed by atoms with Crippen molar-refractivity contribution in [3.05, 3.63) is 0 Å². The summed E-state index contributed by atoms with van der Waals surface area (Å²) in [5.41, 5.74) is -1.30. The Morgan fingerprint density at radius 2 is 1.82 bits per heavy atom. The van der Waals surface area contributed by atoms with Gasteiger partial charge in [0.2, 0.25) is 0 Å². The van der Waals surface area contributed by atoms with Crippen LogP contribution < -0.4 is 0 Å². The van der Waals surface area contributed by atoms with Gasteiger partial charge in [-0.25, -0.2) is 4.79 Å². The normalized spacial score (nSPS) is 30.6. The summed E-state index contributed by atoms with van der Waals surface area (Å²) in [7, 11) is 1.36. The highest BCUT2D eigenvalue weighted by Crippen LogP contribution is 2.54. The molecule has 0 aromatic carbocycles. The summed E-state index contributed by atoms with van der Waals surface area (Å²) in [4.78, 5) is 26.3. The summed E-state index contributed by atoms with van der Waals surface area (Å²) >= 11 is 0. The van der Waals surface area contributed by atoms with Gasteiger partial charge in [0.1, 0.15) is 5.60 Å². The minimum absolute atomic E-state index is 0.0362. The molecule has 1 aliphatic heterocycles. The van der Waals surface area contributed by atoms with E-state index < -0.39 is 11.0 Å². The third-order valence-electron chi connectivity index (χ3n) is 4.79. The summed E-state index contributed by atoms with van der Waals surface area (Å²) in [6.07, 6.45) is 1.47. The van der Waals surface area contributed by atoms with E-state index >= 15 is 0 Å². The molecule has 0 aromatic rings. The molecule has 6 nitrogen and oxygen atoms in total. The van der Waals surface area contributed by atoms with Gasteiger partial charge >= 0.3 is 12.1 Å². The third kappa shape index (κ3) is 2.77. The number of amides is 1. The van der Waals surface area contributed by atoms with Gasteiger partial charge in [-0.1, -0.05) is 0 Å². The van der Waals surface area contributed by atoms with Crippen molar-refractivity contribution in [3.63, 3.8) is 0 Å². The fourth-order valence-electron chi connectivity index (χ4n) is 3.86. The number of hydrogen-bond acceptors (Lipinski definition) is 5. The number of carbonyl (C=O) groups is 2. The number of carbonyl (C=O) groups excluding carboxylic acids is 2. The van der Waals surface area contributed by atoms with Gasteiger partial charge in [-0.2, -0.15) is 5.26 Å². The van der Waals surface area contributed by atoms with Crippen LogP contribution in [0.2, 0.25) is 0 Å². The van der Waals surface area contributed by atoms with Crippen molar-refractivity contribution in [2.45, 2.75) is 45.6 Å². The highest BCUT2D eigenvalue weighted by atomic mass is 16.6. The minimum Gasteiger partial charge on any atom is -0.469 e. The van der Waals surface area contributed by atoms with Crippen molar-refractivity contribution in [3.8, 4) is 6.07 Å². The molecule has 0 spiro atoms. The number of ether oxygens (including phenoxy) is 2. The first-order chi connectivity index (χ1) is 10.2. The fraction of sp³-hybridized carbons (Fsp3) is 0.812. The SMILES string of the molecule is COC(=O)C1(CC#N)C2CCC1CN(C(=O)OC(C)(C)C)C2. The lowest BCUT2D eigenvalue weighted by Crippen LogP contribution is -2.55. The van der Waals surface area contributed by atoms with Gasteiger partial charge in [0.15, 0.2) is 0 Å². The molecule has 0 radical (unpaired) electrons. The summed E-state index contributed by atoms with van der Waals surface area (Å²) in [6.45, 7) is 6.39. The standard InChI is InChI=1S/C16H24N2O4/c1-15(2,3)22-14(20)18-9-11-5-6-12(10-18)16(11,7-8-17)13(19)21-4/h11-12H,5-7,9-10H2,1-4H3. The second-order valence-electron chi connectivity index (χ2n) is 7.22. The lowest BCUT2D eigenvalue weighted by molar-refractivity contribution is -0.162. The summed E-state index contributed by atoms with van der Waals surface area (Å²) < 4.78 is 10.4. The molecule has 2 aliphatic rings. The van der Waals surface area contributed by atoms with Crippen LogP contribution in [0.4, 0.5) is 4.79 Å². The molecule has 2 unspecified atom stereocenters. The first-order valence-corrected chi connectivity index (χ1v) is 7.68. The number of nitrogens with zero attached hydrogens (tertiary/aromatic N) is 2. The van der Waals surface area contributed by atoms with Gasteiger partial charge in [0.25, 0.3) is 0 Å². The molecule has 1 heterocycles. The molecular formula is C16H24N2O4. The van der Waals surface area contributed by atoms with Gasteiger partial charge in [-0.15, -0.1) is 0 Å². The number of piperidine rings is 1. The average Bonchev–Trinajstić information content (AvgIpc) is 2.62. The molecule has 2 fully saturated rings. The molecule has 0 aromatic heterocycles. The van der Waals surface area contributed by atoms with Crippen molar-refractivity contribution in [2.75, 3.05) is 20.2 Å². The molecule has 6 heteroatoms. The van der Waals surface area contributed by atoms with Crippen molar-refractivity contribution in [2.24, 2.45) is 17.3 Å². The molecule has 22 heavy (non-hydrogen) atoms. The molecule has 2 rings (SSSR count). The van der Waals surface area contributed by atoms with Crippen LogP contribution in [0, 0.1) is 28.6 Å². The fourth-order valence-corrected chi connectivity index (χ4v) is 3.86. The molecule has 1 saturated heterocycles. The van der Waals surface area contributed by atoms with Gasteiger partial charge < -0.3 is 14.4 Å². The van der Waals surface area contributed by atoms with Crippen LogP contribution in [-0.4, -0.2) is 42.8 Å². The number of rotatable bonds is 2. The predicted octanol–water partition coefficient (Wildman–Crippen LogP) is 2.34. The molecule has 0 N–H and O–H groups in total. The van der Waals surface area contributed by atoms with Gasteiger partial charge in [-0.3, -0.25) is 4.79 Å². The monoisotopic (exact) mass is 308 g/mol. The van der Waals surface area contributed by atoms with Crippen LogP contribution in [-0.2, 0) is 14.3 Å². The summed E-state index contributed by atoms with van der Waals surface area (Å²) in [5, 5.41) is 9.16. The maximum absolute atomic E-state index is 12.3. The van der Waals surface area contributed by atoms with Crippen LogP contribution in [0.5, 0.6) is 0 Å². The zero-order valence-electron chi connectivity index (χ0n) is 13.7. The van der Waals surface area contributed by atoms with Crippen LogP contribution >= 0.6 is 0 Å². The van der Waals surface area contributed by atoms with Crippen molar-refractivity contribution < 1.29 is 19.1 Å². The molecule has 2 atom stereocenters. The predicted molar refractivity (Wildman–Crippen MR) is 78.7 cm³/mol.